The number of rotatable bonds is 5. The molecule has 0 aromatic heterocycles. The van der Waals surface area contributed by atoms with Crippen molar-refractivity contribution < 1.29 is 9.59 Å². The molecule has 2 atom stereocenters. The number of carbonyl (C=O) groups excluding carboxylic acids is 2. The molecule has 3 heteroatoms. The van der Waals surface area contributed by atoms with Crippen molar-refractivity contribution in [1.82, 2.24) is 5.32 Å². The molecule has 104 valence electrons. The Morgan fingerprint density at radius 1 is 1.44 bits per heavy atom. The van der Waals surface area contributed by atoms with Crippen molar-refractivity contribution in [2.75, 3.05) is 0 Å². The Hall–Kier alpha value is -0.860. The SMILES string of the molecule is CCCC(C)C(C)(C)C(=O)C1CCCCC(=O)N1. The molecule has 1 aliphatic heterocycles. The quantitative estimate of drug-likeness (QED) is 0.818. The van der Waals surface area contributed by atoms with E-state index in [-0.39, 0.29) is 23.1 Å². The van der Waals surface area contributed by atoms with E-state index in [0.717, 1.165) is 32.1 Å². The average Bonchev–Trinajstić information content (AvgIpc) is 2.53. The van der Waals surface area contributed by atoms with Gasteiger partial charge in [0.1, 0.15) is 0 Å². The topological polar surface area (TPSA) is 46.2 Å². The van der Waals surface area contributed by atoms with Crippen molar-refractivity contribution in [3.8, 4) is 0 Å². The summed E-state index contributed by atoms with van der Waals surface area (Å²) in [6, 6.07) is -0.269. The first-order valence-electron chi connectivity index (χ1n) is 7.23. The molecule has 0 radical (unpaired) electrons. The van der Waals surface area contributed by atoms with Gasteiger partial charge in [0, 0.05) is 11.8 Å². The Balaban J connectivity index is 2.74. The second-order valence-electron chi connectivity index (χ2n) is 6.14. The van der Waals surface area contributed by atoms with Gasteiger partial charge in [-0.1, -0.05) is 47.0 Å². The highest BCUT2D eigenvalue weighted by Gasteiger charge is 2.38. The molecule has 1 heterocycles. The van der Waals surface area contributed by atoms with Crippen LogP contribution in [-0.4, -0.2) is 17.7 Å². The van der Waals surface area contributed by atoms with Crippen LogP contribution in [0.3, 0.4) is 0 Å². The summed E-state index contributed by atoms with van der Waals surface area (Å²) < 4.78 is 0. The Bertz CT molecular complexity index is 310. The molecule has 0 saturated carbocycles. The number of nitrogens with one attached hydrogen (secondary N) is 1. The Labute approximate surface area is 111 Å². The van der Waals surface area contributed by atoms with E-state index < -0.39 is 0 Å². The first kappa shape index (κ1) is 15.2. The molecule has 0 aromatic rings. The van der Waals surface area contributed by atoms with Crippen molar-refractivity contribution >= 4 is 11.7 Å². The van der Waals surface area contributed by atoms with Gasteiger partial charge in [-0.15, -0.1) is 0 Å². The van der Waals surface area contributed by atoms with Crippen molar-refractivity contribution in [2.45, 2.75) is 72.3 Å². The van der Waals surface area contributed by atoms with Gasteiger partial charge < -0.3 is 5.32 Å². The van der Waals surface area contributed by atoms with Crippen molar-refractivity contribution in [3.63, 3.8) is 0 Å². The molecule has 0 aliphatic carbocycles. The van der Waals surface area contributed by atoms with Crippen molar-refractivity contribution in [1.29, 1.82) is 0 Å². The molecular weight excluding hydrogens is 226 g/mol. The van der Waals surface area contributed by atoms with Crippen LogP contribution >= 0.6 is 0 Å². The van der Waals surface area contributed by atoms with Crippen LogP contribution in [0.2, 0.25) is 0 Å². The molecule has 1 aliphatic rings. The fourth-order valence-corrected chi connectivity index (χ4v) is 2.66. The highest BCUT2D eigenvalue weighted by atomic mass is 16.2. The van der Waals surface area contributed by atoms with Crippen molar-refractivity contribution in [3.05, 3.63) is 0 Å². The lowest BCUT2D eigenvalue weighted by atomic mass is 9.72. The minimum atomic E-state index is -0.349. The van der Waals surface area contributed by atoms with E-state index in [2.05, 4.69) is 19.2 Å². The van der Waals surface area contributed by atoms with Crippen LogP contribution < -0.4 is 5.32 Å². The summed E-state index contributed by atoms with van der Waals surface area (Å²) in [5, 5.41) is 2.89. The molecule has 2 unspecified atom stereocenters. The van der Waals surface area contributed by atoms with E-state index in [4.69, 9.17) is 0 Å². The molecule has 1 N–H and O–H groups in total. The predicted molar refractivity (Wildman–Crippen MR) is 73.3 cm³/mol. The Morgan fingerprint density at radius 3 is 2.72 bits per heavy atom. The molecular formula is C15H27NO2. The van der Waals surface area contributed by atoms with Gasteiger partial charge in [0.15, 0.2) is 5.78 Å². The molecule has 1 amide bonds. The summed E-state index contributed by atoms with van der Waals surface area (Å²) in [7, 11) is 0. The van der Waals surface area contributed by atoms with Crippen LogP contribution in [0.15, 0.2) is 0 Å². The van der Waals surface area contributed by atoms with E-state index >= 15 is 0 Å². The Morgan fingerprint density at radius 2 is 2.11 bits per heavy atom. The van der Waals surface area contributed by atoms with E-state index in [1.807, 2.05) is 13.8 Å². The Kier molecular flexibility index (Phi) is 5.36. The molecule has 18 heavy (non-hydrogen) atoms. The first-order valence-corrected chi connectivity index (χ1v) is 7.23. The molecule has 3 nitrogen and oxygen atoms in total. The summed E-state index contributed by atoms with van der Waals surface area (Å²) in [5.74, 6) is 0.596. The van der Waals surface area contributed by atoms with Gasteiger partial charge >= 0.3 is 0 Å². The summed E-state index contributed by atoms with van der Waals surface area (Å²) in [5.41, 5.74) is -0.349. The summed E-state index contributed by atoms with van der Waals surface area (Å²) in [6.07, 6.45) is 5.38. The smallest absolute Gasteiger partial charge is 0.220 e. The number of Topliss-reactive ketones (excluding diaryl/α,β-unsaturated/α-hetero) is 1. The maximum Gasteiger partial charge on any atom is 0.220 e. The minimum absolute atomic E-state index is 0.0322. The van der Waals surface area contributed by atoms with Gasteiger partial charge in [-0.2, -0.15) is 0 Å². The van der Waals surface area contributed by atoms with E-state index in [9.17, 15) is 9.59 Å². The summed E-state index contributed by atoms with van der Waals surface area (Å²) in [4.78, 5) is 24.2. The third-order valence-corrected chi connectivity index (χ3v) is 4.39. The zero-order chi connectivity index (χ0) is 13.8. The lowest BCUT2D eigenvalue weighted by Crippen LogP contribution is -2.47. The first-order chi connectivity index (χ1) is 8.39. The third kappa shape index (κ3) is 3.56. The highest BCUT2D eigenvalue weighted by molar-refractivity contribution is 5.93. The highest BCUT2D eigenvalue weighted by Crippen LogP contribution is 2.33. The number of ketones is 1. The number of hydrogen-bond acceptors (Lipinski definition) is 2. The number of hydrogen-bond donors (Lipinski definition) is 1. The van der Waals surface area contributed by atoms with Crippen LogP contribution in [0.4, 0.5) is 0 Å². The second kappa shape index (κ2) is 6.35. The van der Waals surface area contributed by atoms with Crippen LogP contribution in [0.25, 0.3) is 0 Å². The molecule has 0 bridgehead atoms. The largest absolute Gasteiger partial charge is 0.346 e. The van der Waals surface area contributed by atoms with Crippen LogP contribution in [0, 0.1) is 11.3 Å². The molecule has 1 rings (SSSR count). The van der Waals surface area contributed by atoms with E-state index in [1.165, 1.54) is 0 Å². The van der Waals surface area contributed by atoms with Gasteiger partial charge in [-0.05, 0) is 18.8 Å². The van der Waals surface area contributed by atoms with Gasteiger partial charge in [-0.3, -0.25) is 9.59 Å². The predicted octanol–water partition coefficient (Wildman–Crippen LogP) is 3.08. The zero-order valence-electron chi connectivity index (χ0n) is 12.2. The summed E-state index contributed by atoms with van der Waals surface area (Å²) in [6.45, 7) is 8.32. The standard InChI is InChI=1S/C15H27NO2/c1-5-8-11(2)15(3,4)14(18)12-9-6-7-10-13(17)16-12/h11-12H,5-10H2,1-4H3,(H,16,17). The van der Waals surface area contributed by atoms with Crippen LogP contribution in [0.5, 0.6) is 0 Å². The van der Waals surface area contributed by atoms with Gasteiger partial charge in [0.05, 0.1) is 6.04 Å². The molecule has 0 aromatic carbocycles. The normalized spacial score (nSPS) is 23.1. The van der Waals surface area contributed by atoms with Gasteiger partial charge in [0.25, 0.3) is 0 Å². The van der Waals surface area contributed by atoms with Crippen LogP contribution in [-0.2, 0) is 9.59 Å². The maximum absolute atomic E-state index is 12.6. The third-order valence-electron chi connectivity index (χ3n) is 4.39. The molecule has 0 spiro atoms. The van der Waals surface area contributed by atoms with E-state index in [0.29, 0.717) is 12.3 Å². The lowest BCUT2D eigenvalue weighted by molar-refractivity contribution is -0.134. The monoisotopic (exact) mass is 253 g/mol. The molecule has 1 saturated heterocycles. The fourth-order valence-electron chi connectivity index (χ4n) is 2.66. The molecule has 1 fully saturated rings. The van der Waals surface area contributed by atoms with Crippen molar-refractivity contribution in [2.24, 2.45) is 11.3 Å². The van der Waals surface area contributed by atoms with Crippen LogP contribution in [0.1, 0.15) is 66.2 Å². The fraction of sp³-hybridized carbons (Fsp3) is 0.867. The second-order valence-corrected chi connectivity index (χ2v) is 6.14. The maximum atomic E-state index is 12.6. The van der Waals surface area contributed by atoms with E-state index in [1.54, 1.807) is 0 Å². The number of carbonyl (C=O) groups is 2. The number of amides is 1. The minimum Gasteiger partial charge on any atom is -0.346 e. The zero-order valence-corrected chi connectivity index (χ0v) is 12.2. The van der Waals surface area contributed by atoms with Gasteiger partial charge in [0.2, 0.25) is 5.91 Å². The summed E-state index contributed by atoms with van der Waals surface area (Å²) >= 11 is 0. The van der Waals surface area contributed by atoms with Gasteiger partial charge in [-0.25, -0.2) is 0 Å². The lowest BCUT2D eigenvalue weighted by Gasteiger charge is -2.33. The average molecular weight is 253 g/mol.